The average molecular weight is 349 g/mol. The van der Waals surface area contributed by atoms with Gasteiger partial charge in [-0.05, 0) is 23.5 Å². The zero-order chi connectivity index (χ0) is 18.9. The van der Waals surface area contributed by atoms with E-state index in [0.717, 1.165) is 5.56 Å². The minimum Gasteiger partial charge on any atom is -0.505 e. The van der Waals surface area contributed by atoms with Crippen LogP contribution in [0.5, 0.6) is 0 Å². The zero-order valence-corrected chi connectivity index (χ0v) is 15.2. The molecular weight excluding hydrogens is 322 g/mol. The third-order valence-electron chi connectivity index (χ3n) is 3.80. The molecule has 2 atom stereocenters. The van der Waals surface area contributed by atoms with Crippen LogP contribution >= 0.6 is 0 Å². The molecule has 138 valence electrons. The van der Waals surface area contributed by atoms with Crippen LogP contribution in [0.3, 0.4) is 0 Å². The molecule has 6 nitrogen and oxygen atoms in total. The van der Waals surface area contributed by atoms with Crippen LogP contribution < -0.4 is 5.32 Å². The van der Waals surface area contributed by atoms with Gasteiger partial charge in [-0.1, -0.05) is 51.1 Å². The Morgan fingerprint density at radius 2 is 1.88 bits per heavy atom. The Bertz CT molecular complexity index is 577. The first-order valence-corrected chi connectivity index (χ1v) is 8.13. The fourth-order valence-corrected chi connectivity index (χ4v) is 2.35. The van der Waals surface area contributed by atoms with E-state index in [1.807, 2.05) is 51.1 Å². The highest BCUT2D eigenvalue weighted by Crippen LogP contribution is 2.30. The molecule has 1 amide bonds. The lowest BCUT2D eigenvalue weighted by atomic mass is 9.77. The number of benzene rings is 1. The summed E-state index contributed by atoms with van der Waals surface area (Å²) in [6, 6.07) is 8.81. The summed E-state index contributed by atoms with van der Waals surface area (Å²) < 4.78 is 10.1. The summed E-state index contributed by atoms with van der Waals surface area (Å²) in [6.07, 6.45) is 2.67. The minimum absolute atomic E-state index is 0.148. The molecule has 0 aromatic heterocycles. The lowest BCUT2D eigenvalue weighted by Gasteiger charge is -2.29. The van der Waals surface area contributed by atoms with Gasteiger partial charge in [0.15, 0.2) is 0 Å². The maximum atomic E-state index is 12.0. The van der Waals surface area contributed by atoms with Gasteiger partial charge in [-0.25, -0.2) is 4.79 Å². The van der Waals surface area contributed by atoms with Gasteiger partial charge in [0, 0.05) is 0 Å². The molecule has 0 spiro atoms. The largest absolute Gasteiger partial charge is 0.505 e. The molecule has 6 heteroatoms. The van der Waals surface area contributed by atoms with Gasteiger partial charge in [0.1, 0.15) is 6.61 Å². The maximum Gasteiger partial charge on any atom is 0.407 e. The molecule has 0 saturated heterocycles. The van der Waals surface area contributed by atoms with Crippen LogP contribution in [0.15, 0.2) is 42.7 Å². The van der Waals surface area contributed by atoms with Gasteiger partial charge in [0.05, 0.1) is 25.3 Å². The number of carboxylic acid groups (broad SMARTS) is 1. The number of nitrogens with one attached hydrogen (secondary N) is 1. The van der Waals surface area contributed by atoms with Crippen molar-refractivity contribution in [3.05, 3.63) is 48.2 Å². The molecule has 1 aromatic rings. The van der Waals surface area contributed by atoms with E-state index < -0.39 is 29.4 Å². The van der Waals surface area contributed by atoms with Gasteiger partial charge in [0.25, 0.3) is 0 Å². The van der Waals surface area contributed by atoms with E-state index in [-0.39, 0.29) is 13.0 Å². The first-order valence-electron chi connectivity index (χ1n) is 8.13. The number of hydrogen-bond donors (Lipinski definition) is 2. The topological polar surface area (TPSA) is 84.9 Å². The number of carboxylic acids is 1. The molecule has 25 heavy (non-hydrogen) atoms. The Balaban J connectivity index is 2.69. The van der Waals surface area contributed by atoms with E-state index in [0.29, 0.717) is 0 Å². The van der Waals surface area contributed by atoms with Crippen LogP contribution in [0, 0.1) is 11.3 Å². The second kappa shape index (κ2) is 9.71. The molecule has 0 heterocycles. The van der Waals surface area contributed by atoms with Crippen molar-refractivity contribution in [2.75, 3.05) is 7.11 Å². The molecule has 0 aliphatic rings. The van der Waals surface area contributed by atoms with E-state index in [9.17, 15) is 14.7 Å². The van der Waals surface area contributed by atoms with Gasteiger partial charge in [-0.3, -0.25) is 4.79 Å². The first-order chi connectivity index (χ1) is 11.7. The Hall–Kier alpha value is -2.50. The van der Waals surface area contributed by atoms with E-state index in [1.165, 1.54) is 13.4 Å². The minimum atomic E-state index is -0.900. The molecule has 1 aromatic carbocycles. The average Bonchev–Trinajstić information content (AvgIpc) is 2.54. The third kappa shape index (κ3) is 7.74. The maximum absolute atomic E-state index is 12.0. The van der Waals surface area contributed by atoms with E-state index >= 15 is 0 Å². The van der Waals surface area contributed by atoms with Crippen molar-refractivity contribution in [3.63, 3.8) is 0 Å². The SMILES string of the molecule is COC=C[C@H](CC(C(=O)O)C(C)(C)C)NC(=O)OCc1ccccc1. The van der Waals surface area contributed by atoms with E-state index in [4.69, 9.17) is 9.47 Å². The van der Waals surface area contributed by atoms with Crippen molar-refractivity contribution in [3.8, 4) is 0 Å². The molecule has 2 N–H and O–H groups in total. The number of alkyl carbamates (subject to hydrolysis) is 1. The number of hydrogen-bond acceptors (Lipinski definition) is 4. The van der Waals surface area contributed by atoms with Crippen LogP contribution in [0.4, 0.5) is 4.79 Å². The Morgan fingerprint density at radius 1 is 1.24 bits per heavy atom. The zero-order valence-electron chi connectivity index (χ0n) is 15.2. The van der Waals surface area contributed by atoms with Gasteiger partial charge < -0.3 is 19.9 Å². The van der Waals surface area contributed by atoms with Gasteiger partial charge in [-0.2, -0.15) is 0 Å². The van der Waals surface area contributed by atoms with Crippen molar-refractivity contribution < 1.29 is 24.2 Å². The van der Waals surface area contributed by atoms with Crippen molar-refractivity contribution >= 4 is 12.1 Å². The van der Waals surface area contributed by atoms with Crippen LogP contribution in [-0.4, -0.2) is 30.3 Å². The molecule has 0 aliphatic heterocycles. The van der Waals surface area contributed by atoms with Crippen LogP contribution in [-0.2, 0) is 20.9 Å². The first kappa shape index (κ1) is 20.5. The highest BCUT2D eigenvalue weighted by atomic mass is 16.5. The second-order valence-corrected chi connectivity index (χ2v) is 6.87. The number of ether oxygens (including phenoxy) is 2. The lowest BCUT2D eigenvalue weighted by Crippen LogP contribution is -2.40. The number of methoxy groups -OCH3 is 1. The molecule has 1 rings (SSSR count). The van der Waals surface area contributed by atoms with Crippen molar-refractivity contribution in [2.24, 2.45) is 11.3 Å². The molecule has 0 radical (unpaired) electrons. The molecule has 0 fully saturated rings. The van der Waals surface area contributed by atoms with Crippen LogP contribution in [0.25, 0.3) is 0 Å². The van der Waals surface area contributed by atoms with Crippen molar-refractivity contribution in [2.45, 2.75) is 39.8 Å². The van der Waals surface area contributed by atoms with Crippen LogP contribution in [0.1, 0.15) is 32.8 Å². The number of carbonyl (C=O) groups is 2. The monoisotopic (exact) mass is 349 g/mol. The fourth-order valence-electron chi connectivity index (χ4n) is 2.35. The molecule has 0 saturated carbocycles. The number of aliphatic carboxylic acids is 1. The van der Waals surface area contributed by atoms with Gasteiger partial charge >= 0.3 is 12.1 Å². The Morgan fingerprint density at radius 3 is 2.40 bits per heavy atom. The summed E-state index contributed by atoms with van der Waals surface area (Å²) >= 11 is 0. The Labute approximate surface area is 148 Å². The normalized spacial score (nSPS) is 13.9. The van der Waals surface area contributed by atoms with Crippen molar-refractivity contribution in [1.29, 1.82) is 0 Å². The molecule has 0 aliphatic carbocycles. The van der Waals surface area contributed by atoms with Gasteiger partial charge in [0.2, 0.25) is 0 Å². The molecule has 1 unspecified atom stereocenters. The smallest absolute Gasteiger partial charge is 0.407 e. The molecule has 0 bridgehead atoms. The highest BCUT2D eigenvalue weighted by molar-refractivity contribution is 5.71. The number of carbonyl (C=O) groups excluding carboxylic acids is 1. The summed E-state index contributed by atoms with van der Waals surface area (Å²) in [4.78, 5) is 23.6. The second-order valence-electron chi connectivity index (χ2n) is 6.87. The highest BCUT2D eigenvalue weighted by Gasteiger charge is 2.33. The fraction of sp³-hybridized carbons (Fsp3) is 0.474. The summed E-state index contributed by atoms with van der Waals surface area (Å²) in [6.45, 7) is 5.72. The number of amides is 1. The summed E-state index contributed by atoms with van der Waals surface area (Å²) in [7, 11) is 1.49. The lowest BCUT2D eigenvalue weighted by molar-refractivity contribution is -0.146. The van der Waals surface area contributed by atoms with Crippen LogP contribution in [0.2, 0.25) is 0 Å². The Kier molecular flexibility index (Phi) is 7.98. The summed E-state index contributed by atoms with van der Waals surface area (Å²) in [5.74, 6) is -1.53. The summed E-state index contributed by atoms with van der Waals surface area (Å²) in [5.41, 5.74) is 0.431. The molecular formula is C19H27NO5. The third-order valence-corrected chi connectivity index (χ3v) is 3.80. The predicted molar refractivity (Wildman–Crippen MR) is 94.9 cm³/mol. The standard InChI is InChI=1S/C19H27NO5/c1-19(2,3)16(17(21)22)12-15(10-11-24-4)20-18(23)25-13-14-8-6-5-7-9-14/h5-11,15-16H,12-13H2,1-4H3,(H,20,23)(H,21,22)/t15-,16?/m1/s1. The van der Waals surface area contributed by atoms with Gasteiger partial charge in [-0.15, -0.1) is 0 Å². The summed E-state index contributed by atoms with van der Waals surface area (Å²) in [5, 5.41) is 12.2. The van der Waals surface area contributed by atoms with E-state index in [1.54, 1.807) is 6.08 Å². The predicted octanol–water partition coefficient (Wildman–Crippen LogP) is 3.58. The van der Waals surface area contributed by atoms with E-state index in [2.05, 4.69) is 5.32 Å². The number of rotatable bonds is 8. The van der Waals surface area contributed by atoms with Crippen molar-refractivity contribution in [1.82, 2.24) is 5.32 Å². The quantitative estimate of drug-likeness (QED) is 0.701.